The second kappa shape index (κ2) is 6.86. The summed E-state index contributed by atoms with van der Waals surface area (Å²) in [6.07, 6.45) is -2.52. The Morgan fingerprint density at radius 2 is 1.74 bits per heavy atom. The van der Waals surface area contributed by atoms with Gasteiger partial charge < -0.3 is 4.90 Å². The second-order valence-electron chi connectivity index (χ2n) is 5.36. The normalized spacial score (nSPS) is 11.3. The van der Waals surface area contributed by atoms with E-state index in [4.69, 9.17) is 0 Å². The molecule has 1 amide bonds. The van der Waals surface area contributed by atoms with E-state index < -0.39 is 11.7 Å². The average Bonchev–Trinajstić information content (AvgIpc) is 2.53. The maximum Gasteiger partial charge on any atom is 0.416 e. The van der Waals surface area contributed by atoms with Crippen molar-refractivity contribution in [2.45, 2.75) is 25.9 Å². The van der Waals surface area contributed by atoms with Crippen LogP contribution in [0.15, 0.2) is 48.5 Å². The minimum Gasteiger partial charge on any atom is -0.311 e. The van der Waals surface area contributed by atoms with E-state index in [1.54, 1.807) is 13.1 Å². The molecule has 5 heteroatoms. The van der Waals surface area contributed by atoms with Gasteiger partial charge in [0.05, 0.1) is 5.56 Å². The van der Waals surface area contributed by atoms with E-state index in [0.29, 0.717) is 11.3 Å². The van der Waals surface area contributed by atoms with Gasteiger partial charge in [-0.05, 0) is 48.4 Å². The molecule has 0 saturated carbocycles. The van der Waals surface area contributed by atoms with Crippen molar-refractivity contribution >= 4 is 11.6 Å². The summed E-state index contributed by atoms with van der Waals surface area (Å²) in [4.78, 5) is 13.8. The molecule has 0 aliphatic carbocycles. The Hall–Kier alpha value is -2.30. The van der Waals surface area contributed by atoms with Gasteiger partial charge in [0.25, 0.3) is 5.91 Å². The molecule has 0 spiro atoms. The van der Waals surface area contributed by atoms with Gasteiger partial charge in [0.1, 0.15) is 0 Å². The minimum absolute atomic E-state index is 0.247. The smallest absolute Gasteiger partial charge is 0.311 e. The fraction of sp³-hybridized carbons (Fsp3) is 0.278. The molecule has 0 N–H and O–H groups in total. The third kappa shape index (κ3) is 4.12. The molecule has 23 heavy (non-hydrogen) atoms. The van der Waals surface area contributed by atoms with E-state index in [2.05, 4.69) is 6.92 Å². The Labute approximate surface area is 133 Å². The number of benzene rings is 2. The largest absolute Gasteiger partial charge is 0.416 e. The number of amides is 1. The van der Waals surface area contributed by atoms with Crippen LogP contribution in [0.5, 0.6) is 0 Å². The van der Waals surface area contributed by atoms with E-state index >= 15 is 0 Å². The Kier molecular flexibility index (Phi) is 5.08. The van der Waals surface area contributed by atoms with Crippen LogP contribution in [0, 0.1) is 0 Å². The number of halogens is 3. The van der Waals surface area contributed by atoms with E-state index in [-0.39, 0.29) is 5.91 Å². The van der Waals surface area contributed by atoms with Crippen molar-refractivity contribution in [1.82, 2.24) is 0 Å². The minimum atomic E-state index is -4.38. The summed E-state index contributed by atoms with van der Waals surface area (Å²) in [5.41, 5.74) is 1.29. The number of hydrogen-bond donors (Lipinski definition) is 0. The first-order valence-corrected chi connectivity index (χ1v) is 7.37. The molecule has 0 atom stereocenters. The van der Waals surface area contributed by atoms with Crippen molar-refractivity contribution in [3.05, 3.63) is 65.2 Å². The highest BCUT2D eigenvalue weighted by Crippen LogP contribution is 2.30. The molecule has 0 saturated heterocycles. The number of hydrogen-bond acceptors (Lipinski definition) is 1. The lowest BCUT2D eigenvalue weighted by atomic mass is 10.1. The van der Waals surface area contributed by atoms with Crippen LogP contribution in [0.1, 0.15) is 34.8 Å². The number of alkyl halides is 3. The Bertz CT molecular complexity index is 677. The average molecular weight is 321 g/mol. The lowest BCUT2D eigenvalue weighted by molar-refractivity contribution is -0.137. The molecule has 122 valence electrons. The first kappa shape index (κ1) is 17.1. The van der Waals surface area contributed by atoms with Crippen molar-refractivity contribution in [1.29, 1.82) is 0 Å². The van der Waals surface area contributed by atoms with Crippen LogP contribution < -0.4 is 4.90 Å². The summed E-state index contributed by atoms with van der Waals surface area (Å²) in [7, 11) is 1.55. The topological polar surface area (TPSA) is 20.3 Å². The number of carbonyl (C=O) groups excluding carboxylic acids is 1. The maximum atomic E-state index is 12.6. The van der Waals surface area contributed by atoms with Gasteiger partial charge in [-0.1, -0.05) is 25.5 Å². The van der Waals surface area contributed by atoms with E-state index in [1.165, 1.54) is 17.0 Å². The van der Waals surface area contributed by atoms with Crippen LogP contribution in [0.3, 0.4) is 0 Å². The predicted octanol–water partition coefficient (Wildman–Crippen LogP) is 4.93. The van der Waals surface area contributed by atoms with E-state index in [0.717, 1.165) is 30.5 Å². The standard InChI is InChI=1S/C18H18F3NO/c1-3-5-13-6-4-7-14(12-13)17(23)22(2)16-10-8-15(9-11-16)18(19,20)21/h4,6-12H,3,5H2,1-2H3. The molecule has 0 aliphatic rings. The summed E-state index contributed by atoms with van der Waals surface area (Å²) >= 11 is 0. The Morgan fingerprint density at radius 3 is 2.30 bits per heavy atom. The zero-order valence-corrected chi connectivity index (χ0v) is 13.0. The van der Waals surface area contributed by atoms with Gasteiger partial charge in [0, 0.05) is 18.3 Å². The van der Waals surface area contributed by atoms with Gasteiger partial charge in [-0.3, -0.25) is 4.79 Å². The molecular formula is C18H18F3NO. The summed E-state index contributed by atoms with van der Waals surface area (Å²) in [6, 6.07) is 11.9. The molecule has 0 bridgehead atoms. The fourth-order valence-corrected chi connectivity index (χ4v) is 2.33. The van der Waals surface area contributed by atoms with Gasteiger partial charge in [-0.2, -0.15) is 13.2 Å². The molecule has 0 radical (unpaired) electrons. The van der Waals surface area contributed by atoms with Gasteiger partial charge in [0.15, 0.2) is 0 Å². The van der Waals surface area contributed by atoms with Crippen LogP contribution in [-0.2, 0) is 12.6 Å². The van der Waals surface area contributed by atoms with Gasteiger partial charge in [0.2, 0.25) is 0 Å². The fourth-order valence-electron chi connectivity index (χ4n) is 2.33. The number of nitrogens with zero attached hydrogens (tertiary/aromatic N) is 1. The van der Waals surface area contributed by atoms with Crippen molar-refractivity contribution in [3.8, 4) is 0 Å². The van der Waals surface area contributed by atoms with Crippen LogP contribution in [0.2, 0.25) is 0 Å². The molecule has 0 aromatic heterocycles. The summed E-state index contributed by atoms with van der Waals surface area (Å²) in [6.45, 7) is 2.06. The first-order valence-electron chi connectivity index (χ1n) is 7.37. The van der Waals surface area contributed by atoms with Gasteiger partial charge in [-0.15, -0.1) is 0 Å². The molecule has 2 nitrogen and oxygen atoms in total. The molecule has 0 aliphatic heterocycles. The molecule has 0 heterocycles. The van der Waals surface area contributed by atoms with Crippen LogP contribution in [-0.4, -0.2) is 13.0 Å². The van der Waals surface area contributed by atoms with Gasteiger partial charge in [-0.25, -0.2) is 0 Å². The van der Waals surface area contributed by atoms with E-state index in [1.807, 2.05) is 18.2 Å². The summed E-state index contributed by atoms with van der Waals surface area (Å²) < 4.78 is 37.7. The van der Waals surface area contributed by atoms with Crippen molar-refractivity contribution in [3.63, 3.8) is 0 Å². The lowest BCUT2D eigenvalue weighted by Crippen LogP contribution is -2.26. The highest BCUT2D eigenvalue weighted by Gasteiger charge is 2.30. The quantitative estimate of drug-likeness (QED) is 0.781. The van der Waals surface area contributed by atoms with Crippen molar-refractivity contribution < 1.29 is 18.0 Å². The lowest BCUT2D eigenvalue weighted by Gasteiger charge is -2.18. The SMILES string of the molecule is CCCc1cccc(C(=O)N(C)c2ccc(C(F)(F)F)cc2)c1. The highest BCUT2D eigenvalue weighted by atomic mass is 19.4. The molecule has 0 unspecified atom stereocenters. The summed E-state index contributed by atoms with van der Waals surface area (Å²) in [5.74, 6) is -0.247. The van der Waals surface area contributed by atoms with Crippen molar-refractivity contribution in [2.75, 3.05) is 11.9 Å². The third-order valence-electron chi connectivity index (χ3n) is 3.60. The summed E-state index contributed by atoms with van der Waals surface area (Å²) in [5, 5.41) is 0. The molecular weight excluding hydrogens is 303 g/mol. The predicted molar refractivity (Wildman–Crippen MR) is 84.6 cm³/mol. The monoisotopic (exact) mass is 321 g/mol. The zero-order valence-electron chi connectivity index (χ0n) is 13.0. The number of anilines is 1. The Balaban J connectivity index is 2.21. The van der Waals surface area contributed by atoms with Gasteiger partial charge >= 0.3 is 6.18 Å². The number of carbonyl (C=O) groups is 1. The molecule has 2 aromatic rings. The van der Waals surface area contributed by atoms with Crippen LogP contribution >= 0.6 is 0 Å². The molecule has 0 fully saturated rings. The van der Waals surface area contributed by atoms with Crippen molar-refractivity contribution in [2.24, 2.45) is 0 Å². The second-order valence-corrected chi connectivity index (χ2v) is 5.36. The Morgan fingerprint density at radius 1 is 1.09 bits per heavy atom. The third-order valence-corrected chi connectivity index (χ3v) is 3.60. The molecule has 2 aromatic carbocycles. The number of aryl methyl sites for hydroxylation is 1. The maximum absolute atomic E-state index is 12.6. The highest BCUT2D eigenvalue weighted by molar-refractivity contribution is 6.05. The van der Waals surface area contributed by atoms with Crippen LogP contribution in [0.4, 0.5) is 18.9 Å². The number of rotatable bonds is 4. The zero-order chi connectivity index (χ0) is 17.0. The molecule has 2 rings (SSSR count). The first-order chi connectivity index (χ1) is 10.8. The van der Waals surface area contributed by atoms with E-state index in [9.17, 15) is 18.0 Å². The van der Waals surface area contributed by atoms with Crippen LogP contribution in [0.25, 0.3) is 0 Å².